The van der Waals surface area contributed by atoms with Crippen molar-refractivity contribution < 1.29 is 0 Å². The van der Waals surface area contributed by atoms with E-state index in [1.165, 1.54) is 5.69 Å². The Bertz CT molecular complexity index is 220. The molecule has 4 heteroatoms. The average molecular weight is 155 g/mol. The zero-order valence-corrected chi connectivity index (χ0v) is 6.40. The lowest BCUT2D eigenvalue weighted by Gasteiger charge is -2.11. The maximum absolute atomic E-state index is 5.52. The molecule has 0 saturated heterocycles. The number of hydrogen-bond acceptors (Lipinski definition) is 3. The quantitative estimate of drug-likeness (QED) is 0.600. The van der Waals surface area contributed by atoms with Gasteiger partial charge in [0.15, 0.2) is 0 Å². The number of aryl methyl sites for hydroxylation is 1. The molecule has 1 aromatic heterocycles. The lowest BCUT2D eigenvalue weighted by Crippen LogP contribution is -2.11. The summed E-state index contributed by atoms with van der Waals surface area (Å²) in [6, 6.07) is 1.95. The molecule has 1 aromatic rings. The number of rotatable bonds is 0. The third-order valence-corrected chi connectivity index (χ3v) is 2.55. The molecule has 0 unspecified atom stereocenters. The Kier molecular flexibility index (Phi) is 1.34. The van der Waals surface area contributed by atoms with Crippen molar-refractivity contribution in [3.05, 3.63) is 11.8 Å². The topological polar surface area (TPSA) is 43.8 Å². The largest absolute Gasteiger partial charge is 0.382 e. The van der Waals surface area contributed by atoms with Crippen LogP contribution in [0.2, 0.25) is 0 Å². The molecule has 0 atom stereocenters. The molecule has 0 amide bonds. The lowest BCUT2D eigenvalue weighted by atomic mass is 10.4. The van der Waals surface area contributed by atoms with Crippen molar-refractivity contribution in [2.45, 2.75) is 12.3 Å². The van der Waals surface area contributed by atoms with Crippen molar-refractivity contribution in [1.29, 1.82) is 0 Å². The highest BCUT2D eigenvalue weighted by Crippen LogP contribution is 2.19. The van der Waals surface area contributed by atoms with Gasteiger partial charge in [0.1, 0.15) is 5.82 Å². The summed E-state index contributed by atoms with van der Waals surface area (Å²) in [5.41, 5.74) is 6.78. The van der Waals surface area contributed by atoms with E-state index in [1.807, 2.05) is 22.5 Å². The van der Waals surface area contributed by atoms with Crippen molar-refractivity contribution in [3.8, 4) is 0 Å². The van der Waals surface area contributed by atoms with E-state index >= 15 is 0 Å². The summed E-state index contributed by atoms with van der Waals surface area (Å²) in [7, 11) is 0. The zero-order valence-electron chi connectivity index (χ0n) is 5.58. The Balaban J connectivity index is 2.41. The number of hydrogen-bond donors (Lipinski definition) is 1. The monoisotopic (exact) mass is 155 g/mol. The zero-order chi connectivity index (χ0) is 6.97. The summed E-state index contributed by atoms with van der Waals surface area (Å²) in [6.45, 7) is 1.01. The smallest absolute Gasteiger partial charge is 0.145 e. The van der Waals surface area contributed by atoms with E-state index in [9.17, 15) is 0 Å². The molecule has 0 radical (unpaired) electrons. The molecule has 2 rings (SSSR count). The summed E-state index contributed by atoms with van der Waals surface area (Å²) in [5.74, 6) is 2.87. The fraction of sp³-hybridized carbons (Fsp3) is 0.500. The lowest BCUT2D eigenvalue weighted by molar-refractivity contribution is 0.635. The van der Waals surface area contributed by atoms with E-state index in [0.29, 0.717) is 5.82 Å². The first-order valence-electron chi connectivity index (χ1n) is 3.26. The SMILES string of the molecule is Nc1cc2n(n1)CCSC2. The molecule has 0 saturated carbocycles. The molecular weight excluding hydrogens is 146 g/mol. The van der Waals surface area contributed by atoms with Crippen LogP contribution in [-0.2, 0) is 12.3 Å². The van der Waals surface area contributed by atoms with Gasteiger partial charge in [-0.3, -0.25) is 4.68 Å². The highest BCUT2D eigenvalue weighted by Gasteiger charge is 2.09. The highest BCUT2D eigenvalue weighted by atomic mass is 32.2. The number of aromatic nitrogens is 2. The van der Waals surface area contributed by atoms with Crippen LogP contribution in [0.5, 0.6) is 0 Å². The molecule has 0 aromatic carbocycles. The second-order valence-electron chi connectivity index (χ2n) is 2.34. The van der Waals surface area contributed by atoms with Crippen molar-refractivity contribution in [1.82, 2.24) is 9.78 Å². The average Bonchev–Trinajstić information content (AvgIpc) is 2.27. The Morgan fingerprint density at radius 2 is 2.60 bits per heavy atom. The second-order valence-corrected chi connectivity index (χ2v) is 3.44. The first-order chi connectivity index (χ1) is 4.86. The fourth-order valence-electron chi connectivity index (χ4n) is 1.12. The standard InChI is InChI=1S/C6H9N3S/c7-6-3-5-4-10-2-1-9(5)8-6/h3H,1-2,4H2,(H2,7,8). The molecular formula is C6H9N3S. The van der Waals surface area contributed by atoms with Crippen LogP contribution < -0.4 is 5.73 Å². The molecule has 0 fully saturated rings. The van der Waals surface area contributed by atoms with Gasteiger partial charge in [-0.1, -0.05) is 0 Å². The molecule has 2 heterocycles. The van der Waals surface area contributed by atoms with Crippen LogP contribution in [0.1, 0.15) is 5.69 Å². The van der Waals surface area contributed by atoms with E-state index in [0.717, 1.165) is 18.1 Å². The summed E-state index contributed by atoms with van der Waals surface area (Å²) < 4.78 is 1.99. The van der Waals surface area contributed by atoms with Crippen molar-refractivity contribution in [3.63, 3.8) is 0 Å². The Labute approximate surface area is 63.6 Å². The number of nitrogens with two attached hydrogens (primary N) is 1. The predicted octanol–water partition coefficient (Wildman–Crippen LogP) is 0.712. The number of thioether (sulfide) groups is 1. The molecule has 0 spiro atoms. The van der Waals surface area contributed by atoms with Gasteiger partial charge in [-0.25, -0.2) is 0 Å². The number of fused-ring (bicyclic) bond motifs is 1. The van der Waals surface area contributed by atoms with Crippen molar-refractivity contribution >= 4 is 17.6 Å². The molecule has 10 heavy (non-hydrogen) atoms. The third-order valence-electron chi connectivity index (χ3n) is 1.58. The summed E-state index contributed by atoms with van der Waals surface area (Å²) in [6.07, 6.45) is 0. The molecule has 1 aliphatic heterocycles. The van der Waals surface area contributed by atoms with Gasteiger partial charge in [0.25, 0.3) is 0 Å². The van der Waals surface area contributed by atoms with E-state index in [1.54, 1.807) is 0 Å². The Hall–Kier alpha value is -0.640. The van der Waals surface area contributed by atoms with E-state index in [2.05, 4.69) is 5.10 Å². The third kappa shape index (κ3) is 0.883. The molecule has 3 nitrogen and oxygen atoms in total. The minimum absolute atomic E-state index is 0.650. The van der Waals surface area contributed by atoms with Gasteiger partial charge in [-0.2, -0.15) is 16.9 Å². The maximum atomic E-state index is 5.52. The minimum Gasteiger partial charge on any atom is -0.382 e. The van der Waals surface area contributed by atoms with Crippen LogP contribution in [-0.4, -0.2) is 15.5 Å². The van der Waals surface area contributed by atoms with E-state index in [4.69, 9.17) is 5.73 Å². The van der Waals surface area contributed by atoms with Crippen LogP contribution in [0.4, 0.5) is 5.82 Å². The second kappa shape index (κ2) is 2.20. The van der Waals surface area contributed by atoms with Gasteiger partial charge < -0.3 is 5.73 Å². The molecule has 0 bridgehead atoms. The van der Waals surface area contributed by atoms with Gasteiger partial charge in [-0.05, 0) is 0 Å². The number of nitrogen functional groups attached to an aromatic ring is 1. The summed E-state index contributed by atoms with van der Waals surface area (Å²) in [5, 5.41) is 4.13. The normalized spacial score (nSPS) is 16.8. The maximum Gasteiger partial charge on any atom is 0.145 e. The summed E-state index contributed by atoms with van der Waals surface area (Å²) >= 11 is 1.93. The van der Waals surface area contributed by atoms with Crippen LogP contribution in [0.3, 0.4) is 0 Å². The predicted molar refractivity (Wildman–Crippen MR) is 42.8 cm³/mol. The van der Waals surface area contributed by atoms with Crippen LogP contribution in [0, 0.1) is 0 Å². The molecule has 0 aliphatic carbocycles. The van der Waals surface area contributed by atoms with Crippen LogP contribution in [0.25, 0.3) is 0 Å². The van der Waals surface area contributed by atoms with Gasteiger partial charge in [-0.15, -0.1) is 0 Å². The Morgan fingerprint density at radius 3 is 3.40 bits per heavy atom. The molecule has 2 N–H and O–H groups in total. The highest BCUT2D eigenvalue weighted by molar-refractivity contribution is 7.98. The number of nitrogens with zero attached hydrogens (tertiary/aromatic N) is 2. The van der Waals surface area contributed by atoms with E-state index < -0.39 is 0 Å². The number of anilines is 1. The van der Waals surface area contributed by atoms with E-state index in [-0.39, 0.29) is 0 Å². The first-order valence-corrected chi connectivity index (χ1v) is 4.42. The molecule has 54 valence electrons. The fourth-order valence-corrected chi connectivity index (χ4v) is 2.00. The Morgan fingerprint density at radius 1 is 1.70 bits per heavy atom. The minimum atomic E-state index is 0.650. The van der Waals surface area contributed by atoms with Gasteiger partial charge in [0.2, 0.25) is 0 Å². The van der Waals surface area contributed by atoms with Gasteiger partial charge in [0, 0.05) is 17.6 Å². The first kappa shape index (κ1) is 6.09. The van der Waals surface area contributed by atoms with Crippen molar-refractivity contribution in [2.75, 3.05) is 11.5 Å². The molecule has 1 aliphatic rings. The van der Waals surface area contributed by atoms with Crippen LogP contribution in [0.15, 0.2) is 6.07 Å². The van der Waals surface area contributed by atoms with Gasteiger partial charge >= 0.3 is 0 Å². The van der Waals surface area contributed by atoms with Gasteiger partial charge in [0.05, 0.1) is 12.2 Å². The summed E-state index contributed by atoms with van der Waals surface area (Å²) in [4.78, 5) is 0. The van der Waals surface area contributed by atoms with Crippen LogP contribution >= 0.6 is 11.8 Å². The van der Waals surface area contributed by atoms with Crippen molar-refractivity contribution in [2.24, 2.45) is 0 Å².